The van der Waals surface area contributed by atoms with Gasteiger partial charge in [0.05, 0.1) is 18.1 Å². The van der Waals surface area contributed by atoms with Gasteiger partial charge in [-0.3, -0.25) is 4.90 Å². The first-order valence-electron chi connectivity index (χ1n) is 8.20. The van der Waals surface area contributed by atoms with Crippen molar-refractivity contribution in [2.45, 2.75) is 24.8 Å². The molecule has 1 N–H and O–H groups in total. The van der Waals surface area contributed by atoms with Gasteiger partial charge >= 0.3 is 0 Å². The molecule has 1 aliphatic rings. The number of ether oxygens (including phenoxy) is 1. The zero-order valence-corrected chi connectivity index (χ0v) is 15.1. The van der Waals surface area contributed by atoms with Crippen molar-refractivity contribution in [3.8, 4) is 0 Å². The van der Waals surface area contributed by atoms with Crippen LogP contribution in [-0.2, 0) is 14.6 Å². The maximum Gasteiger partial charge on any atom is 0.175 e. The quantitative estimate of drug-likeness (QED) is 0.819. The predicted octanol–water partition coefficient (Wildman–Crippen LogP) is 1.71. The van der Waals surface area contributed by atoms with E-state index in [-0.39, 0.29) is 6.04 Å². The molecule has 2 rings (SSSR count). The van der Waals surface area contributed by atoms with Crippen LogP contribution in [0.2, 0.25) is 0 Å². The molecule has 1 aromatic rings. The van der Waals surface area contributed by atoms with E-state index >= 15 is 0 Å². The van der Waals surface area contributed by atoms with Crippen LogP contribution in [-0.4, -0.2) is 59.0 Å². The normalized spacial score (nSPS) is 19.4. The molecule has 1 saturated heterocycles. The lowest BCUT2D eigenvalue weighted by Crippen LogP contribution is -2.41. The van der Waals surface area contributed by atoms with Crippen LogP contribution in [0.15, 0.2) is 29.2 Å². The second-order valence-electron chi connectivity index (χ2n) is 6.49. The van der Waals surface area contributed by atoms with Crippen LogP contribution in [0.4, 0.5) is 0 Å². The van der Waals surface area contributed by atoms with E-state index < -0.39 is 9.84 Å². The summed E-state index contributed by atoms with van der Waals surface area (Å²) in [5, 5.41) is 3.54. The fraction of sp³-hybridized carbons (Fsp3) is 0.647. The van der Waals surface area contributed by atoms with Crippen LogP contribution >= 0.6 is 0 Å². The van der Waals surface area contributed by atoms with E-state index in [1.807, 2.05) is 12.1 Å². The van der Waals surface area contributed by atoms with Gasteiger partial charge in [0.15, 0.2) is 9.84 Å². The van der Waals surface area contributed by atoms with Gasteiger partial charge in [0.1, 0.15) is 0 Å². The Balaban J connectivity index is 1.80. The van der Waals surface area contributed by atoms with E-state index in [0.29, 0.717) is 10.8 Å². The van der Waals surface area contributed by atoms with Gasteiger partial charge in [0.2, 0.25) is 0 Å². The smallest absolute Gasteiger partial charge is 0.175 e. The van der Waals surface area contributed by atoms with Crippen molar-refractivity contribution in [3.05, 3.63) is 29.8 Å². The summed E-state index contributed by atoms with van der Waals surface area (Å²) < 4.78 is 28.3. The number of morpholine rings is 1. The Morgan fingerprint density at radius 1 is 1.17 bits per heavy atom. The third-order valence-corrected chi connectivity index (χ3v) is 5.38. The van der Waals surface area contributed by atoms with Crippen LogP contribution < -0.4 is 5.32 Å². The van der Waals surface area contributed by atoms with Gasteiger partial charge < -0.3 is 10.1 Å². The van der Waals surface area contributed by atoms with Gasteiger partial charge in [0.25, 0.3) is 0 Å². The minimum absolute atomic E-state index is 0.204. The third-order valence-electron chi connectivity index (χ3n) is 4.25. The molecule has 1 heterocycles. The molecule has 0 unspecified atom stereocenters. The van der Waals surface area contributed by atoms with Crippen LogP contribution in [0.3, 0.4) is 0 Å². The molecule has 6 heteroatoms. The Labute approximate surface area is 139 Å². The van der Waals surface area contributed by atoms with Crippen LogP contribution in [0.5, 0.6) is 0 Å². The molecule has 2 atom stereocenters. The number of nitrogens with zero attached hydrogens (tertiary/aromatic N) is 1. The molecule has 0 aromatic heterocycles. The maximum atomic E-state index is 11.5. The molecule has 23 heavy (non-hydrogen) atoms. The van der Waals surface area contributed by atoms with Crippen molar-refractivity contribution in [3.63, 3.8) is 0 Å². The lowest BCUT2D eigenvalue weighted by Gasteiger charge is -2.29. The van der Waals surface area contributed by atoms with Crippen LogP contribution in [0, 0.1) is 5.92 Å². The van der Waals surface area contributed by atoms with Gasteiger partial charge in [-0.25, -0.2) is 8.42 Å². The van der Waals surface area contributed by atoms with E-state index in [1.165, 1.54) is 6.26 Å². The molecule has 0 radical (unpaired) electrons. The second kappa shape index (κ2) is 8.24. The van der Waals surface area contributed by atoms with E-state index in [0.717, 1.165) is 45.0 Å². The molecular weight excluding hydrogens is 312 g/mol. The number of benzene rings is 1. The molecule has 0 amide bonds. The lowest BCUT2D eigenvalue weighted by molar-refractivity contribution is 0.0317. The summed E-state index contributed by atoms with van der Waals surface area (Å²) in [6.45, 7) is 10.1. The number of hydrogen-bond donors (Lipinski definition) is 1. The molecule has 1 fully saturated rings. The van der Waals surface area contributed by atoms with Crippen molar-refractivity contribution in [1.82, 2.24) is 10.2 Å². The highest BCUT2D eigenvalue weighted by Crippen LogP contribution is 2.16. The Bertz CT molecular complexity index is 580. The van der Waals surface area contributed by atoms with Crippen LogP contribution in [0.25, 0.3) is 0 Å². The SMILES string of the molecule is C[C@@H](CN[C@H](C)c1ccc(S(C)(=O)=O)cc1)CN1CCOCC1. The predicted molar refractivity (Wildman–Crippen MR) is 92.4 cm³/mol. The van der Waals surface area contributed by atoms with Gasteiger partial charge in [-0.1, -0.05) is 19.1 Å². The molecule has 5 nitrogen and oxygen atoms in total. The highest BCUT2D eigenvalue weighted by molar-refractivity contribution is 7.90. The zero-order chi connectivity index (χ0) is 16.9. The van der Waals surface area contributed by atoms with E-state index in [4.69, 9.17) is 4.74 Å². The summed E-state index contributed by atoms with van der Waals surface area (Å²) in [4.78, 5) is 2.82. The lowest BCUT2D eigenvalue weighted by atomic mass is 10.1. The van der Waals surface area contributed by atoms with E-state index in [1.54, 1.807) is 12.1 Å². The molecule has 0 spiro atoms. The van der Waals surface area contributed by atoms with E-state index in [9.17, 15) is 8.42 Å². The van der Waals surface area contributed by atoms with Gasteiger partial charge in [0, 0.05) is 31.9 Å². The van der Waals surface area contributed by atoms with Crippen molar-refractivity contribution >= 4 is 9.84 Å². The summed E-state index contributed by atoms with van der Waals surface area (Å²) in [5.74, 6) is 0.561. The standard InChI is InChI=1S/C17H28N2O3S/c1-14(13-19-8-10-22-11-9-19)12-18-15(2)16-4-6-17(7-5-16)23(3,20)21/h4-7,14-15,18H,8-13H2,1-3H3/t14-,15+/m0/s1. The molecule has 0 saturated carbocycles. The van der Waals surface area contributed by atoms with Crippen LogP contribution in [0.1, 0.15) is 25.5 Å². The highest BCUT2D eigenvalue weighted by atomic mass is 32.2. The Kier molecular flexibility index (Phi) is 6.59. The molecule has 1 aliphatic heterocycles. The number of hydrogen-bond acceptors (Lipinski definition) is 5. The van der Waals surface area contributed by atoms with Gasteiger partial charge in [-0.05, 0) is 37.1 Å². The monoisotopic (exact) mass is 340 g/mol. The average Bonchev–Trinajstić information content (AvgIpc) is 2.53. The summed E-state index contributed by atoms with van der Waals surface area (Å²) in [6.07, 6.45) is 1.23. The molecule has 130 valence electrons. The minimum atomic E-state index is -3.12. The number of sulfone groups is 1. The number of rotatable bonds is 7. The Morgan fingerprint density at radius 3 is 2.35 bits per heavy atom. The fourth-order valence-electron chi connectivity index (χ4n) is 2.79. The first-order chi connectivity index (χ1) is 10.9. The summed E-state index contributed by atoms with van der Waals surface area (Å²) >= 11 is 0. The number of nitrogens with one attached hydrogen (secondary N) is 1. The minimum Gasteiger partial charge on any atom is -0.379 e. The van der Waals surface area contributed by atoms with Crippen molar-refractivity contribution < 1.29 is 13.2 Å². The second-order valence-corrected chi connectivity index (χ2v) is 8.51. The molecule has 0 bridgehead atoms. The topological polar surface area (TPSA) is 58.6 Å². The first kappa shape index (κ1) is 18.4. The van der Waals surface area contributed by atoms with Crippen molar-refractivity contribution in [2.24, 2.45) is 5.92 Å². The Morgan fingerprint density at radius 2 is 1.78 bits per heavy atom. The summed E-state index contributed by atoms with van der Waals surface area (Å²) in [5.41, 5.74) is 1.11. The third kappa shape index (κ3) is 5.88. The summed E-state index contributed by atoms with van der Waals surface area (Å²) in [7, 11) is -3.12. The zero-order valence-electron chi connectivity index (χ0n) is 14.3. The van der Waals surface area contributed by atoms with Crippen molar-refractivity contribution in [2.75, 3.05) is 45.6 Å². The Hall–Kier alpha value is -0.950. The average molecular weight is 340 g/mol. The maximum absolute atomic E-state index is 11.5. The van der Waals surface area contributed by atoms with Gasteiger partial charge in [-0.2, -0.15) is 0 Å². The molecule has 0 aliphatic carbocycles. The fourth-order valence-corrected chi connectivity index (χ4v) is 3.42. The summed E-state index contributed by atoms with van der Waals surface area (Å²) in [6, 6.07) is 7.34. The molecular formula is C17H28N2O3S. The molecule has 1 aromatic carbocycles. The highest BCUT2D eigenvalue weighted by Gasteiger charge is 2.15. The largest absolute Gasteiger partial charge is 0.379 e. The van der Waals surface area contributed by atoms with E-state index in [2.05, 4.69) is 24.1 Å². The van der Waals surface area contributed by atoms with Gasteiger partial charge in [-0.15, -0.1) is 0 Å². The van der Waals surface area contributed by atoms with Crippen molar-refractivity contribution in [1.29, 1.82) is 0 Å². The first-order valence-corrected chi connectivity index (χ1v) is 10.1.